The molecule has 0 amide bonds. The van der Waals surface area contributed by atoms with E-state index in [1.54, 1.807) is 16.6 Å². The van der Waals surface area contributed by atoms with Crippen molar-refractivity contribution in [3.63, 3.8) is 0 Å². The van der Waals surface area contributed by atoms with Crippen LogP contribution in [0.2, 0.25) is 0 Å². The van der Waals surface area contributed by atoms with Crippen LogP contribution in [0.3, 0.4) is 0 Å². The van der Waals surface area contributed by atoms with Crippen molar-refractivity contribution in [3.05, 3.63) is 36.5 Å². The van der Waals surface area contributed by atoms with Crippen molar-refractivity contribution in [2.24, 2.45) is 11.7 Å². The van der Waals surface area contributed by atoms with Gasteiger partial charge in [-0.05, 0) is 49.6 Å². The van der Waals surface area contributed by atoms with E-state index in [1.807, 2.05) is 24.3 Å². The standard InChI is InChI=1S/C15H19N3O2S2.2ClH/c16-11-12-6-9-18(10-7-12)22(19,20)15-5-4-14(21-15)13-3-1-2-8-17-13;;/h1-5,8,12H,6-7,9-11,16H2;2*1H. The Bertz CT molecular complexity index is 730. The number of thiophene rings is 1. The summed E-state index contributed by atoms with van der Waals surface area (Å²) >= 11 is 1.28. The molecule has 134 valence electrons. The molecule has 0 aliphatic carbocycles. The van der Waals surface area contributed by atoms with Gasteiger partial charge in [0, 0.05) is 19.3 Å². The van der Waals surface area contributed by atoms with Crippen molar-refractivity contribution in [2.45, 2.75) is 17.1 Å². The maximum absolute atomic E-state index is 12.7. The number of rotatable bonds is 4. The summed E-state index contributed by atoms with van der Waals surface area (Å²) in [5.74, 6) is 0.443. The van der Waals surface area contributed by atoms with Crippen molar-refractivity contribution in [1.82, 2.24) is 9.29 Å². The van der Waals surface area contributed by atoms with Crippen molar-refractivity contribution < 1.29 is 8.42 Å². The first kappa shape index (κ1) is 21.3. The molecule has 2 N–H and O–H groups in total. The highest BCUT2D eigenvalue weighted by Gasteiger charge is 2.30. The molecule has 1 aliphatic rings. The van der Waals surface area contributed by atoms with Gasteiger partial charge in [-0.15, -0.1) is 36.2 Å². The summed E-state index contributed by atoms with van der Waals surface area (Å²) in [6.07, 6.45) is 3.39. The molecule has 5 nitrogen and oxygen atoms in total. The van der Waals surface area contributed by atoms with Crippen LogP contribution in [0.1, 0.15) is 12.8 Å². The Morgan fingerprint density at radius 1 is 1.17 bits per heavy atom. The molecule has 2 aromatic heterocycles. The zero-order valence-corrected chi connectivity index (χ0v) is 16.3. The predicted octanol–water partition coefficient (Wildman–Crippen LogP) is 3.01. The Labute approximate surface area is 159 Å². The van der Waals surface area contributed by atoms with E-state index in [4.69, 9.17) is 5.73 Å². The van der Waals surface area contributed by atoms with Crippen molar-refractivity contribution >= 4 is 46.2 Å². The quantitative estimate of drug-likeness (QED) is 0.841. The van der Waals surface area contributed by atoms with Gasteiger partial charge in [0.25, 0.3) is 10.0 Å². The summed E-state index contributed by atoms with van der Waals surface area (Å²) in [6.45, 7) is 1.75. The molecule has 2 aromatic rings. The lowest BCUT2D eigenvalue weighted by atomic mass is 9.99. The molecule has 0 unspecified atom stereocenters. The van der Waals surface area contributed by atoms with Gasteiger partial charge in [-0.1, -0.05) is 6.07 Å². The summed E-state index contributed by atoms with van der Waals surface area (Å²) < 4.78 is 27.4. The molecule has 0 radical (unpaired) electrons. The van der Waals surface area contributed by atoms with E-state index in [2.05, 4.69) is 4.98 Å². The van der Waals surface area contributed by atoms with Gasteiger partial charge in [0.1, 0.15) is 4.21 Å². The first-order chi connectivity index (χ1) is 10.6. The van der Waals surface area contributed by atoms with Crippen LogP contribution in [-0.4, -0.2) is 37.3 Å². The highest BCUT2D eigenvalue weighted by atomic mass is 35.5. The smallest absolute Gasteiger partial charge is 0.252 e. The van der Waals surface area contributed by atoms with Gasteiger partial charge in [-0.25, -0.2) is 8.42 Å². The number of nitrogens with two attached hydrogens (primary N) is 1. The molecule has 24 heavy (non-hydrogen) atoms. The molecule has 1 aliphatic heterocycles. The second-order valence-corrected chi connectivity index (χ2v) is 8.67. The van der Waals surface area contributed by atoms with Gasteiger partial charge in [-0.3, -0.25) is 4.98 Å². The van der Waals surface area contributed by atoms with E-state index in [9.17, 15) is 8.42 Å². The van der Waals surface area contributed by atoms with E-state index in [1.165, 1.54) is 11.3 Å². The highest BCUT2D eigenvalue weighted by Crippen LogP contribution is 2.32. The Balaban J connectivity index is 0.00000144. The molecule has 3 heterocycles. The van der Waals surface area contributed by atoms with Crippen LogP contribution in [-0.2, 0) is 10.0 Å². The van der Waals surface area contributed by atoms with Gasteiger partial charge in [0.15, 0.2) is 0 Å². The van der Waals surface area contributed by atoms with Gasteiger partial charge in [-0.2, -0.15) is 4.31 Å². The van der Waals surface area contributed by atoms with E-state index in [-0.39, 0.29) is 24.8 Å². The number of sulfonamides is 1. The maximum atomic E-state index is 12.7. The van der Waals surface area contributed by atoms with Gasteiger partial charge < -0.3 is 5.73 Å². The molecule has 3 rings (SSSR count). The average Bonchev–Trinajstić information content (AvgIpc) is 3.06. The number of hydrogen-bond acceptors (Lipinski definition) is 5. The third kappa shape index (κ3) is 4.47. The number of pyridine rings is 1. The van der Waals surface area contributed by atoms with E-state index in [0.29, 0.717) is 29.8 Å². The van der Waals surface area contributed by atoms with Crippen molar-refractivity contribution in [1.29, 1.82) is 0 Å². The number of aromatic nitrogens is 1. The van der Waals surface area contributed by atoms with Crippen molar-refractivity contribution in [2.75, 3.05) is 19.6 Å². The Hall–Kier alpha value is -0.700. The first-order valence-electron chi connectivity index (χ1n) is 7.32. The van der Waals surface area contributed by atoms with Gasteiger partial charge >= 0.3 is 0 Å². The lowest BCUT2D eigenvalue weighted by Crippen LogP contribution is -2.39. The molecule has 1 fully saturated rings. The Morgan fingerprint density at radius 2 is 1.88 bits per heavy atom. The van der Waals surface area contributed by atoms with Crippen molar-refractivity contribution in [3.8, 4) is 10.6 Å². The van der Waals surface area contributed by atoms with Crippen LogP contribution in [0.15, 0.2) is 40.7 Å². The van der Waals surface area contributed by atoms with Crippen LogP contribution in [0, 0.1) is 5.92 Å². The zero-order chi connectivity index (χ0) is 15.6. The SMILES string of the molecule is Cl.Cl.NCC1CCN(S(=O)(=O)c2ccc(-c3ccccn3)s2)CC1. The first-order valence-corrected chi connectivity index (χ1v) is 9.58. The minimum absolute atomic E-state index is 0. The largest absolute Gasteiger partial charge is 0.330 e. The molecule has 1 saturated heterocycles. The predicted molar refractivity (Wildman–Crippen MR) is 103 cm³/mol. The average molecular weight is 410 g/mol. The number of piperidine rings is 1. The second kappa shape index (κ2) is 9.12. The number of halogens is 2. The molecular weight excluding hydrogens is 389 g/mol. The fourth-order valence-corrected chi connectivity index (χ4v) is 5.52. The molecule has 9 heteroatoms. The van der Waals surface area contributed by atoms with E-state index in [0.717, 1.165) is 23.4 Å². The van der Waals surface area contributed by atoms with Crippen LogP contribution < -0.4 is 5.73 Å². The molecule has 0 atom stereocenters. The lowest BCUT2D eigenvalue weighted by Gasteiger charge is -2.30. The van der Waals surface area contributed by atoms with Crippen LogP contribution in [0.25, 0.3) is 10.6 Å². The Kier molecular flexibility index (Phi) is 8.11. The van der Waals surface area contributed by atoms with Crippen LogP contribution in [0.5, 0.6) is 0 Å². The summed E-state index contributed by atoms with van der Waals surface area (Å²) in [5.41, 5.74) is 6.47. The summed E-state index contributed by atoms with van der Waals surface area (Å²) in [4.78, 5) is 5.14. The Morgan fingerprint density at radius 3 is 2.46 bits per heavy atom. The molecule has 0 spiro atoms. The molecule has 0 bridgehead atoms. The topological polar surface area (TPSA) is 76.3 Å². The normalized spacial score (nSPS) is 16.2. The second-order valence-electron chi connectivity index (χ2n) is 5.42. The fraction of sp³-hybridized carbons (Fsp3) is 0.400. The van der Waals surface area contributed by atoms with Crippen LogP contribution >= 0.6 is 36.2 Å². The van der Waals surface area contributed by atoms with E-state index >= 15 is 0 Å². The minimum Gasteiger partial charge on any atom is -0.330 e. The van der Waals surface area contributed by atoms with Gasteiger partial charge in [0.05, 0.1) is 10.6 Å². The summed E-state index contributed by atoms with van der Waals surface area (Å²) in [5, 5.41) is 0. The molecule has 0 saturated carbocycles. The summed E-state index contributed by atoms with van der Waals surface area (Å²) in [6, 6.07) is 9.13. The number of hydrogen-bond donors (Lipinski definition) is 1. The highest BCUT2D eigenvalue weighted by molar-refractivity contribution is 7.91. The molecular formula is C15H21Cl2N3O2S2. The number of nitrogens with zero attached hydrogens (tertiary/aromatic N) is 2. The van der Waals surface area contributed by atoms with Crippen LogP contribution in [0.4, 0.5) is 0 Å². The van der Waals surface area contributed by atoms with E-state index < -0.39 is 10.0 Å². The lowest BCUT2D eigenvalue weighted by molar-refractivity contribution is 0.279. The fourth-order valence-electron chi connectivity index (χ4n) is 2.62. The monoisotopic (exact) mass is 409 g/mol. The summed E-state index contributed by atoms with van der Waals surface area (Å²) in [7, 11) is -3.40. The maximum Gasteiger partial charge on any atom is 0.252 e. The van der Waals surface area contributed by atoms with Gasteiger partial charge in [0.2, 0.25) is 0 Å². The third-order valence-electron chi connectivity index (χ3n) is 4.00. The zero-order valence-electron chi connectivity index (χ0n) is 13.0. The minimum atomic E-state index is -3.40. The molecule has 0 aromatic carbocycles. The third-order valence-corrected chi connectivity index (χ3v) is 7.47.